The van der Waals surface area contributed by atoms with Crippen LogP contribution in [0.3, 0.4) is 0 Å². The first kappa shape index (κ1) is 15.8. The molecule has 4 nitrogen and oxygen atoms in total. The Balaban J connectivity index is 1.68. The number of hydrogen-bond donors (Lipinski definition) is 0. The minimum absolute atomic E-state index is 0.0916. The number of amides is 1. The van der Waals surface area contributed by atoms with Gasteiger partial charge in [-0.15, -0.1) is 11.3 Å². The molecule has 0 bridgehead atoms. The SMILES string of the molecule is CCn1cc(Br)cc1C(=O)N1CCCC1c1nc2ccccc2s1. The molecule has 1 fully saturated rings. The van der Waals surface area contributed by atoms with Gasteiger partial charge in [0, 0.05) is 23.8 Å². The Bertz CT molecular complexity index is 868. The monoisotopic (exact) mass is 403 g/mol. The molecule has 1 saturated heterocycles. The van der Waals surface area contributed by atoms with Crippen molar-refractivity contribution in [3.63, 3.8) is 0 Å². The summed E-state index contributed by atoms with van der Waals surface area (Å²) in [6.45, 7) is 3.64. The first-order chi connectivity index (χ1) is 11.7. The van der Waals surface area contributed by atoms with Gasteiger partial charge in [-0.05, 0) is 53.9 Å². The second kappa shape index (κ2) is 6.33. The summed E-state index contributed by atoms with van der Waals surface area (Å²) in [6.07, 6.45) is 3.98. The van der Waals surface area contributed by atoms with E-state index in [9.17, 15) is 4.79 Å². The second-order valence-corrected chi connectivity index (χ2v) is 7.98. The molecule has 3 aromatic rings. The van der Waals surface area contributed by atoms with Crippen molar-refractivity contribution in [2.45, 2.75) is 32.4 Å². The van der Waals surface area contributed by atoms with Crippen molar-refractivity contribution < 1.29 is 4.79 Å². The predicted molar refractivity (Wildman–Crippen MR) is 100 cm³/mol. The van der Waals surface area contributed by atoms with Crippen molar-refractivity contribution in [3.05, 3.63) is 51.7 Å². The molecule has 0 spiro atoms. The minimum Gasteiger partial charge on any atom is -0.343 e. The highest BCUT2D eigenvalue weighted by Gasteiger charge is 2.33. The maximum absolute atomic E-state index is 13.1. The summed E-state index contributed by atoms with van der Waals surface area (Å²) in [5.41, 5.74) is 1.77. The standard InChI is InChI=1S/C18H18BrN3OS/c1-2-21-11-12(19)10-15(21)18(23)22-9-5-7-14(22)17-20-13-6-3-4-8-16(13)24-17/h3-4,6,8,10-11,14H,2,5,7,9H2,1H3. The number of benzene rings is 1. The van der Waals surface area contributed by atoms with Crippen molar-refractivity contribution in [1.82, 2.24) is 14.5 Å². The van der Waals surface area contributed by atoms with Crippen molar-refractivity contribution in [1.29, 1.82) is 0 Å². The van der Waals surface area contributed by atoms with E-state index in [1.165, 1.54) is 4.70 Å². The zero-order chi connectivity index (χ0) is 16.7. The van der Waals surface area contributed by atoms with Gasteiger partial charge in [0.1, 0.15) is 10.7 Å². The summed E-state index contributed by atoms with van der Waals surface area (Å²) >= 11 is 5.19. The molecule has 1 unspecified atom stereocenters. The number of nitrogens with zero attached hydrogens (tertiary/aromatic N) is 3. The highest BCUT2D eigenvalue weighted by molar-refractivity contribution is 9.10. The number of aryl methyl sites for hydroxylation is 1. The highest BCUT2D eigenvalue weighted by Crippen LogP contribution is 2.37. The van der Waals surface area contributed by atoms with E-state index in [4.69, 9.17) is 4.98 Å². The summed E-state index contributed by atoms with van der Waals surface area (Å²) in [5, 5.41) is 1.05. The number of hydrogen-bond acceptors (Lipinski definition) is 3. The third-order valence-corrected chi connectivity index (χ3v) is 6.10. The predicted octanol–water partition coefficient (Wildman–Crippen LogP) is 4.86. The van der Waals surface area contributed by atoms with Gasteiger partial charge in [0.15, 0.2) is 0 Å². The zero-order valence-electron chi connectivity index (χ0n) is 13.4. The lowest BCUT2D eigenvalue weighted by atomic mass is 10.2. The van der Waals surface area contributed by atoms with Crippen LogP contribution in [0.5, 0.6) is 0 Å². The summed E-state index contributed by atoms with van der Waals surface area (Å²) in [5.74, 6) is 0.101. The number of carbonyl (C=O) groups excluding carboxylic acids is 1. The van der Waals surface area contributed by atoms with Crippen molar-refractivity contribution in [2.75, 3.05) is 6.54 Å². The molecule has 1 atom stereocenters. The molecule has 24 heavy (non-hydrogen) atoms. The molecule has 0 N–H and O–H groups in total. The van der Waals surface area contributed by atoms with Crippen LogP contribution < -0.4 is 0 Å². The van der Waals surface area contributed by atoms with Gasteiger partial charge in [-0.25, -0.2) is 4.98 Å². The lowest BCUT2D eigenvalue weighted by Crippen LogP contribution is -2.32. The van der Waals surface area contributed by atoms with E-state index < -0.39 is 0 Å². The Hall–Kier alpha value is -1.66. The quantitative estimate of drug-likeness (QED) is 0.626. The highest BCUT2D eigenvalue weighted by atomic mass is 79.9. The van der Waals surface area contributed by atoms with Gasteiger partial charge in [0.05, 0.1) is 16.3 Å². The van der Waals surface area contributed by atoms with Gasteiger partial charge < -0.3 is 9.47 Å². The van der Waals surface area contributed by atoms with E-state index in [1.54, 1.807) is 11.3 Å². The lowest BCUT2D eigenvalue weighted by Gasteiger charge is -2.23. The first-order valence-electron chi connectivity index (χ1n) is 8.19. The third kappa shape index (κ3) is 2.67. The van der Waals surface area contributed by atoms with Gasteiger partial charge in [-0.1, -0.05) is 12.1 Å². The number of halogens is 1. The van der Waals surface area contributed by atoms with E-state index in [0.29, 0.717) is 0 Å². The fourth-order valence-corrected chi connectivity index (χ4v) is 4.94. The molecule has 3 heterocycles. The number of thiazole rings is 1. The molecule has 0 aliphatic carbocycles. The van der Waals surface area contributed by atoms with Gasteiger partial charge in [-0.3, -0.25) is 4.79 Å². The van der Waals surface area contributed by atoms with E-state index in [0.717, 1.165) is 46.6 Å². The van der Waals surface area contributed by atoms with Gasteiger partial charge in [0.2, 0.25) is 0 Å². The third-order valence-electron chi connectivity index (χ3n) is 4.53. The number of carbonyl (C=O) groups is 1. The average molecular weight is 404 g/mol. The van der Waals surface area contributed by atoms with Crippen LogP contribution >= 0.6 is 27.3 Å². The van der Waals surface area contributed by atoms with Crippen molar-refractivity contribution in [3.8, 4) is 0 Å². The first-order valence-corrected chi connectivity index (χ1v) is 9.80. The lowest BCUT2D eigenvalue weighted by molar-refractivity contribution is 0.0724. The van der Waals surface area contributed by atoms with Crippen molar-refractivity contribution >= 4 is 43.4 Å². The number of rotatable bonds is 3. The number of para-hydroxylation sites is 1. The Morgan fingerprint density at radius 2 is 2.25 bits per heavy atom. The Morgan fingerprint density at radius 1 is 1.42 bits per heavy atom. The molecule has 6 heteroatoms. The molecular formula is C18H18BrN3OS. The molecule has 124 valence electrons. The molecule has 1 amide bonds. The van der Waals surface area contributed by atoms with E-state index >= 15 is 0 Å². The molecule has 1 aliphatic heterocycles. The summed E-state index contributed by atoms with van der Waals surface area (Å²) in [6, 6.07) is 10.2. The largest absolute Gasteiger partial charge is 0.343 e. The zero-order valence-corrected chi connectivity index (χ0v) is 15.8. The molecule has 1 aromatic carbocycles. The maximum atomic E-state index is 13.1. The fraction of sp³-hybridized carbons (Fsp3) is 0.333. The summed E-state index contributed by atoms with van der Waals surface area (Å²) < 4.78 is 4.13. The van der Waals surface area contributed by atoms with Crippen LogP contribution in [-0.2, 0) is 6.54 Å². The van der Waals surface area contributed by atoms with Gasteiger partial charge in [-0.2, -0.15) is 0 Å². The smallest absolute Gasteiger partial charge is 0.271 e. The molecule has 2 aromatic heterocycles. The molecule has 4 rings (SSSR count). The normalized spacial score (nSPS) is 17.8. The summed E-state index contributed by atoms with van der Waals surface area (Å²) in [7, 11) is 0. The second-order valence-electron chi connectivity index (χ2n) is 6.01. The van der Waals surface area contributed by atoms with Crippen LogP contribution in [0, 0.1) is 0 Å². The average Bonchev–Trinajstić information content (AvgIpc) is 3.30. The number of likely N-dealkylation sites (tertiary alicyclic amines) is 1. The van der Waals surface area contributed by atoms with Crippen LogP contribution in [0.1, 0.15) is 41.3 Å². The number of fused-ring (bicyclic) bond motifs is 1. The van der Waals surface area contributed by atoms with Crippen LogP contribution in [0.4, 0.5) is 0 Å². The molecule has 0 radical (unpaired) electrons. The topological polar surface area (TPSA) is 38.1 Å². The van der Waals surface area contributed by atoms with Gasteiger partial charge >= 0.3 is 0 Å². The van der Waals surface area contributed by atoms with E-state index in [-0.39, 0.29) is 11.9 Å². The molecule has 0 saturated carbocycles. The molecular weight excluding hydrogens is 386 g/mol. The van der Waals surface area contributed by atoms with E-state index in [2.05, 4.69) is 28.9 Å². The van der Waals surface area contributed by atoms with Crippen LogP contribution in [0.2, 0.25) is 0 Å². The van der Waals surface area contributed by atoms with E-state index in [1.807, 2.05) is 39.9 Å². The summed E-state index contributed by atoms with van der Waals surface area (Å²) in [4.78, 5) is 19.9. The minimum atomic E-state index is 0.0916. The Labute approximate surface area is 153 Å². The fourth-order valence-electron chi connectivity index (χ4n) is 3.36. The maximum Gasteiger partial charge on any atom is 0.271 e. The van der Waals surface area contributed by atoms with Crippen LogP contribution in [-0.4, -0.2) is 26.9 Å². The Kier molecular flexibility index (Phi) is 4.18. The van der Waals surface area contributed by atoms with Crippen LogP contribution in [0.15, 0.2) is 41.0 Å². The van der Waals surface area contributed by atoms with Crippen molar-refractivity contribution in [2.24, 2.45) is 0 Å². The Morgan fingerprint density at radius 3 is 3.04 bits per heavy atom. The molecule has 1 aliphatic rings. The van der Waals surface area contributed by atoms with Crippen LogP contribution in [0.25, 0.3) is 10.2 Å². The number of aromatic nitrogens is 2. The van der Waals surface area contributed by atoms with Gasteiger partial charge in [0.25, 0.3) is 5.91 Å².